The number of hydrogen-bond acceptors (Lipinski definition) is 3. The maximum Gasteiger partial charge on any atom is 0.264 e. The Morgan fingerprint density at radius 3 is 2.60 bits per heavy atom. The molecule has 2 heterocycles. The van der Waals surface area contributed by atoms with Crippen molar-refractivity contribution in [2.24, 2.45) is 0 Å². The number of anilines is 1. The van der Waals surface area contributed by atoms with E-state index in [-0.39, 0.29) is 11.4 Å². The first-order valence-corrected chi connectivity index (χ1v) is 6.55. The number of fused-ring (bicyclic) bond motifs is 2. The van der Waals surface area contributed by atoms with Crippen LogP contribution in [0.25, 0.3) is 0 Å². The number of hydrogen-bond donors (Lipinski definition) is 0. The molecule has 0 spiro atoms. The largest absolute Gasteiger partial charge is 0.436 e. The third kappa shape index (κ3) is 1.93. The van der Waals surface area contributed by atoms with Crippen molar-refractivity contribution in [3.63, 3.8) is 0 Å². The van der Waals surface area contributed by atoms with Gasteiger partial charge in [-0.05, 0) is 45.0 Å². The minimum absolute atomic E-state index is 0.0921. The van der Waals surface area contributed by atoms with Crippen LogP contribution in [-0.2, 0) is 0 Å². The van der Waals surface area contributed by atoms with Gasteiger partial charge in [-0.15, -0.1) is 0 Å². The fourth-order valence-electron chi connectivity index (χ4n) is 2.36. The lowest BCUT2D eigenvalue weighted by molar-refractivity contribution is 0.0966. The molecule has 0 atom stereocenters. The molecule has 0 saturated heterocycles. The standard InChI is InChI=1S/C16H16N2O2/c1-16(2,3)18-12-8-4-5-9-13(12)20-14-11(15(18)19)7-6-10-17-14/h4-10H,1-3H3. The monoisotopic (exact) mass is 268 g/mol. The maximum atomic E-state index is 12.9. The fraction of sp³-hybridized carbons (Fsp3) is 0.250. The Morgan fingerprint density at radius 2 is 1.85 bits per heavy atom. The second-order valence-corrected chi connectivity index (χ2v) is 5.74. The first-order valence-electron chi connectivity index (χ1n) is 6.55. The van der Waals surface area contributed by atoms with E-state index in [2.05, 4.69) is 4.98 Å². The molecule has 0 fully saturated rings. The predicted molar refractivity (Wildman–Crippen MR) is 77.3 cm³/mol. The zero-order valence-corrected chi connectivity index (χ0v) is 11.8. The summed E-state index contributed by atoms with van der Waals surface area (Å²) in [6.45, 7) is 6.01. The van der Waals surface area contributed by atoms with Gasteiger partial charge >= 0.3 is 0 Å². The van der Waals surface area contributed by atoms with Gasteiger partial charge in [0.25, 0.3) is 5.91 Å². The molecule has 1 aliphatic rings. The average Bonchev–Trinajstić information content (AvgIpc) is 2.52. The van der Waals surface area contributed by atoms with Crippen molar-refractivity contribution in [1.82, 2.24) is 4.98 Å². The van der Waals surface area contributed by atoms with Crippen LogP contribution in [0.15, 0.2) is 42.6 Å². The number of nitrogens with zero attached hydrogens (tertiary/aromatic N) is 2. The SMILES string of the molecule is CC(C)(C)N1C(=O)c2cccnc2Oc2ccccc21. The molecule has 20 heavy (non-hydrogen) atoms. The van der Waals surface area contributed by atoms with Gasteiger partial charge in [-0.1, -0.05) is 12.1 Å². The molecule has 0 N–H and O–H groups in total. The van der Waals surface area contributed by atoms with E-state index in [0.717, 1.165) is 5.69 Å². The van der Waals surface area contributed by atoms with E-state index in [1.54, 1.807) is 23.2 Å². The Balaban J connectivity index is 2.27. The molecule has 1 amide bonds. The van der Waals surface area contributed by atoms with Crippen molar-refractivity contribution in [3.05, 3.63) is 48.2 Å². The molecular weight excluding hydrogens is 252 g/mol. The van der Waals surface area contributed by atoms with Crippen molar-refractivity contribution < 1.29 is 9.53 Å². The smallest absolute Gasteiger partial charge is 0.264 e. The molecule has 4 nitrogen and oxygen atoms in total. The number of aromatic nitrogens is 1. The molecule has 3 rings (SSSR count). The Kier molecular flexibility index (Phi) is 2.74. The molecule has 0 radical (unpaired) electrons. The minimum atomic E-state index is -0.353. The van der Waals surface area contributed by atoms with Crippen LogP contribution in [0.2, 0.25) is 0 Å². The second kappa shape index (κ2) is 4.34. The number of carbonyl (C=O) groups is 1. The second-order valence-electron chi connectivity index (χ2n) is 5.74. The van der Waals surface area contributed by atoms with Crippen LogP contribution in [0, 0.1) is 0 Å². The van der Waals surface area contributed by atoms with E-state index in [1.807, 2.05) is 45.0 Å². The number of rotatable bonds is 0. The van der Waals surface area contributed by atoms with Gasteiger partial charge in [-0.3, -0.25) is 9.69 Å². The molecule has 1 aromatic heterocycles. The lowest BCUT2D eigenvalue weighted by Crippen LogP contribution is -2.45. The highest BCUT2D eigenvalue weighted by molar-refractivity contribution is 6.10. The Hall–Kier alpha value is -2.36. The summed E-state index contributed by atoms with van der Waals surface area (Å²) in [4.78, 5) is 18.8. The normalized spacial score (nSPS) is 14.2. The van der Waals surface area contributed by atoms with Crippen LogP contribution in [0.5, 0.6) is 11.6 Å². The van der Waals surface area contributed by atoms with Gasteiger partial charge in [-0.2, -0.15) is 0 Å². The summed E-state index contributed by atoms with van der Waals surface area (Å²) < 4.78 is 5.82. The molecule has 0 saturated carbocycles. The zero-order valence-electron chi connectivity index (χ0n) is 11.8. The van der Waals surface area contributed by atoms with E-state index in [0.29, 0.717) is 17.2 Å². The summed E-state index contributed by atoms with van der Waals surface area (Å²) in [5, 5.41) is 0. The number of benzene rings is 1. The van der Waals surface area contributed by atoms with Gasteiger partial charge in [0.05, 0.1) is 5.69 Å². The molecule has 0 unspecified atom stereocenters. The number of carbonyl (C=O) groups excluding carboxylic acids is 1. The van der Waals surface area contributed by atoms with E-state index >= 15 is 0 Å². The van der Waals surface area contributed by atoms with Crippen molar-refractivity contribution in [2.75, 3.05) is 4.90 Å². The highest BCUT2D eigenvalue weighted by Gasteiger charge is 2.35. The summed E-state index contributed by atoms with van der Waals surface area (Å²) in [5.74, 6) is 0.912. The van der Waals surface area contributed by atoms with E-state index in [4.69, 9.17) is 4.74 Å². The fourth-order valence-corrected chi connectivity index (χ4v) is 2.36. The highest BCUT2D eigenvalue weighted by Crippen LogP contribution is 2.40. The Bertz CT molecular complexity index is 674. The van der Waals surface area contributed by atoms with E-state index < -0.39 is 0 Å². The molecule has 1 aromatic carbocycles. The molecule has 1 aliphatic heterocycles. The summed E-state index contributed by atoms with van der Waals surface area (Å²) in [7, 11) is 0. The van der Waals surface area contributed by atoms with Crippen LogP contribution >= 0.6 is 0 Å². The number of pyridine rings is 1. The quantitative estimate of drug-likeness (QED) is 0.732. The van der Waals surface area contributed by atoms with Crippen LogP contribution < -0.4 is 9.64 Å². The Labute approximate surface area is 118 Å². The van der Waals surface area contributed by atoms with Gasteiger partial charge in [0, 0.05) is 11.7 Å². The summed E-state index contributed by atoms with van der Waals surface area (Å²) >= 11 is 0. The van der Waals surface area contributed by atoms with Gasteiger partial charge in [0.1, 0.15) is 5.56 Å². The van der Waals surface area contributed by atoms with Gasteiger partial charge in [0.2, 0.25) is 5.88 Å². The first kappa shape index (κ1) is 12.7. The van der Waals surface area contributed by atoms with Crippen LogP contribution in [-0.4, -0.2) is 16.4 Å². The first-order chi connectivity index (χ1) is 9.48. The van der Waals surface area contributed by atoms with Gasteiger partial charge in [-0.25, -0.2) is 4.98 Å². The average molecular weight is 268 g/mol. The van der Waals surface area contributed by atoms with Crippen molar-refractivity contribution in [2.45, 2.75) is 26.3 Å². The molecule has 0 aliphatic carbocycles. The number of ether oxygens (including phenoxy) is 1. The number of para-hydroxylation sites is 2. The molecule has 4 heteroatoms. The number of amides is 1. The molecule has 0 bridgehead atoms. The van der Waals surface area contributed by atoms with Crippen molar-refractivity contribution >= 4 is 11.6 Å². The lowest BCUT2D eigenvalue weighted by atomic mass is 10.0. The van der Waals surface area contributed by atoms with Crippen LogP contribution in [0.4, 0.5) is 5.69 Å². The third-order valence-corrected chi connectivity index (χ3v) is 3.19. The Morgan fingerprint density at radius 1 is 1.10 bits per heavy atom. The molecule has 102 valence electrons. The summed E-state index contributed by atoms with van der Waals surface area (Å²) in [6.07, 6.45) is 1.63. The topological polar surface area (TPSA) is 42.4 Å². The summed E-state index contributed by atoms with van der Waals surface area (Å²) in [6, 6.07) is 11.0. The van der Waals surface area contributed by atoms with Gasteiger partial charge < -0.3 is 4.74 Å². The van der Waals surface area contributed by atoms with E-state index in [1.165, 1.54) is 0 Å². The van der Waals surface area contributed by atoms with Crippen LogP contribution in [0.3, 0.4) is 0 Å². The predicted octanol–water partition coefficient (Wildman–Crippen LogP) is 3.63. The highest BCUT2D eigenvalue weighted by atomic mass is 16.5. The van der Waals surface area contributed by atoms with E-state index in [9.17, 15) is 4.79 Å². The molecular formula is C16H16N2O2. The van der Waals surface area contributed by atoms with Crippen molar-refractivity contribution in [1.29, 1.82) is 0 Å². The zero-order chi connectivity index (χ0) is 14.3. The lowest BCUT2D eigenvalue weighted by Gasteiger charge is -2.35. The minimum Gasteiger partial charge on any atom is -0.436 e. The van der Waals surface area contributed by atoms with Crippen LogP contribution in [0.1, 0.15) is 31.1 Å². The molecule has 2 aromatic rings. The summed E-state index contributed by atoms with van der Waals surface area (Å²) in [5.41, 5.74) is 0.898. The third-order valence-electron chi connectivity index (χ3n) is 3.19. The van der Waals surface area contributed by atoms with Gasteiger partial charge in [0.15, 0.2) is 5.75 Å². The maximum absolute atomic E-state index is 12.9. The van der Waals surface area contributed by atoms with Crippen molar-refractivity contribution in [3.8, 4) is 11.6 Å².